The number of aromatic amines is 1. The number of carbonyl (C=O) groups excluding carboxylic acids is 1. The minimum absolute atomic E-state index is 0.188. The molecule has 1 saturated heterocycles. The average Bonchev–Trinajstić information content (AvgIpc) is 3.27. The number of rotatable bonds is 6. The van der Waals surface area contributed by atoms with Crippen LogP contribution in [0.25, 0.3) is 33.4 Å². The molecule has 180 valence electrons. The standard InChI is InChI=1S/C25H26FN7O2/c1-2-28-25(34)32-24-30-21-12-17(11-19(23(21)31-24)22-20(26)4-3-5-29-22)18-10-16(13-27-14-18)15-33-6-8-35-9-7-33/h3-5,10-14H,2,6-9,15H2,1H3,(H3,28,30,31,32,34). The molecule has 1 aliphatic rings. The van der Waals surface area contributed by atoms with E-state index < -0.39 is 5.82 Å². The van der Waals surface area contributed by atoms with Crippen molar-refractivity contribution in [2.45, 2.75) is 13.5 Å². The molecule has 3 aromatic heterocycles. The fraction of sp³-hybridized carbons (Fsp3) is 0.280. The molecule has 0 aliphatic carbocycles. The van der Waals surface area contributed by atoms with Crippen LogP contribution in [0.4, 0.5) is 15.1 Å². The van der Waals surface area contributed by atoms with Crippen LogP contribution >= 0.6 is 0 Å². The molecule has 0 unspecified atom stereocenters. The summed E-state index contributed by atoms with van der Waals surface area (Å²) < 4.78 is 20.2. The van der Waals surface area contributed by atoms with Crippen LogP contribution in [0.1, 0.15) is 12.5 Å². The normalized spacial score (nSPS) is 14.2. The number of amides is 2. The minimum Gasteiger partial charge on any atom is -0.379 e. The smallest absolute Gasteiger partial charge is 0.321 e. The van der Waals surface area contributed by atoms with Crippen LogP contribution in [0, 0.1) is 5.82 Å². The molecule has 4 aromatic rings. The van der Waals surface area contributed by atoms with Crippen molar-refractivity contribution in [3.63, 3.8) is 0 Å². The van der Waals surface area contributed by atoms with Gasteiger partial charge in [-0.2, -0.15) is 0 Å². The maximum absolute atomic E-state index is 14.8. The van der Waals surface area contributed by atoms with Crippen molar-refractivity contribution in [1.29, 1.82) is 0 Å². The average molecular weight is 476 g/mol. The van der Waals surface area contributed by atoms with Gasteiger partial charge < -0.3 is 15.0 Å². The molecule has 5 rings (SSSR count). The molecule has 0 radical (unpaired) electrons. The first-order chi connectivity index (χ1) is 17.1. The van der Waals surface area contributed by atoms with Gasteiger partial charge in [0.2, 0.25) is 5.95 Å². The number of nitrogens with zero attached hydrogens (tertiary/aromatic N) is 4. The fourth-order valence-electron chi connectivity index (χ4n) is 4.17. The van der Waals surface area contributed by atoms with Crippen molar-refractivity contribution in [2.75, 3.05) is 38.2 Å². The van der Waals surface area contributed by atoms with Crippen LogP contribution in [0.3, 0.4) is 0 Å². The maximum Gasteiger partial charge on any atom is 0.321 e. The van der Waals surface area contributed by atoms with Crippen molar-refractivity contribution in [2.24, 2.45) is 0 Å². The lowest BCUT2D eigenvalue weighted by Gasteiger charge is -2.26. The van der Waals surface area contributed by atoms with E-state index in [1.54, 1.807) is 18.5 Å². The second-order valence-electron chi connectivity index (χ2n) is 8.29. The Balaban J connectivity index is 1.56. The van der Waals surface area contributed by atoms with E-state index in [4.69, 9.17) is 4.74 Å². The van der Waals surface area contributed by atoms with Gasteiger partial charge in [-0.25, -0.2) is 14.2 Å². The first-order valence-electron chi connectivity index (χ1n) is 11.5. The summed E-state index contributed by atoms with van der Waals surface area (Å²) in [6.07, 6.45) is 5.19. The zero-order valence-electron chi connectivity index (χ0n) is 19.3. The Morgan fingerprint density at radius 1 is 1.20 bits per heavy atom. The van der Waals surface area contributed by atoms with Gasteiger partial charge in [-0.1, -0.05) is 0 Å². The van der Waals surface area contributed by atoms with Crippen LogP contribution in [0.2, 0.25) is 0 Å². The van der Waals surface area contributed by atoms with Gasteiger partial charge in [-0.15, -0.1) is 0 Å². The molecule has 3 N–H and O–H groups in total. The van der Waals surface area contributed by atoms with Crippen LogP contribution in [0.15, 0.2) is 48.9 Å². The number of hydrogen-bond acceptors (Lipinski definition) is 6. The lowest BCUT2D eigenvalue weighted by molar-refractivity contribution is 0.0341. The highest BCUT2D eigenvalue weighted by Crippen LogP contribution is 2.34. The van der Waals surface area contributed by atoms with Crippen molar-refractivity contribution in [1.82, 2.24) is 30.2 Å². The molecule has 1 aliphatic heterocycles. The van der Waals surface area contributed by atoms with E-state index >= 15 is 0 Å². The van der Waals surface area contributed by atoms with E-state index in [2.05, 4.69) is 41.5 Å². The van der Waals surface area contributed by atoms with Crippen LogP contribution in [-0.4, -0.2) is 63.7 Å². The Labute approximate surface area is 201 Å². The Morgan fingerprint density at radius 2 is 2.06 bits per heavy atom. The highest BCUT2D eigenvalue weighted by Gasteiger charge is 2.18. The monoisotopic (exact) mass is 475 g/mol. The minimum atomic E-state index is -0.452. The molecular formula is C25H26FN7O2. The van der Waals surface area contributed by atoms with Gasteiger partial charge in [0, 0.05) is 55.9 Å². The lowest BCUT2D eigenvalue weighted by Crippen LogP contribution is -2.35. The molecule has 9 nitrogen and oxygen atoms in total. The van der Waals surface area contributed by atoms with Gasteiger partial charge >= 0.3 is 6.03 Å². The molecule has 4 heterocycles. The second-order valence-corrected chi connectivity index (χ2v) is 8.29. The van der Waals surface area contributed by atoms with Crippen molar-refractivity contribution < 1.29 is 13.9 Å². The Morgan fingerprint density at radius 3 is 2.86 bits per heavy atom. The first-order valence-corrected chi connectivity index (χ1v) is 11.5. The first kappa shape index (κ1) is 22.9. The topological polar surface area (TPSA) is 108 Å². The molecule has 0 atom stereocenters. The summed E-state index contributed by atoms with van der Waals surface area (Å²) in [7, 11) is 0. The number of imidazole rings is 1. The Bertz CT molecular complexity index is 1350. The third kappa shape index (κ3) is 5.13. The predicted octanol–water partition coefficient (Wildman–Crippen LogP) is 3.80. The molecule has 0 spiro atoms. The van der Waals surface area contributed by atoms with Crippen molar-refractivity contribution in [3.8, 4) is 22.4 Å². The number of anilines is 1. The number of nitrogens with one attached hydrogen (secondary N) is 3. The molecule has 2 amide bonds. The lowest BCUT2D eigenvalue weighted by atomic mass is 9.99. The SMILES string of the molecule is CCNC(=O)Nc1nc2c(-c3ncccc3F)cc(-c3cncc(CN4CCOCC4)c3)cc2[nH]1. The highest BCUT2D eigenvalue weighted by molar-refractivity contribution is 5.98. The van der Waals surface area contributed by atoms with Gasteiger partial charge in [0.05, 0.1) is 18.7 Å². The number of H-pyrrole nitrogens is 1. The van der Waals surface area contributed by atoms with Crippen LogP contribution in [-0.2, 0) is 11.3 Å². The molecule has 10 heteroatoms. The summed E-state index contributed by atoms with van der Waals surface area (Å²) in [5.74, 6) is -0.189. The molecule has 35 heavy (non-hydrogen) atoms. The Kier molecular flexibility index (Phi) is 6.64. The number of hydrogen-bond donors (Lipinski definition) is 3. The second kappa shape index (κ2) is 10.2. The molecular weight excluding hydrogens is 449 g/mol. The molecule has 1 fully saturated rings. The molecule has 1 aromatic carbocycles. The largest absolute Gasteiger partial charge is 0.379 e. The van der Waals surface area contributed by atoms with E-state index in [9.17, 15) is 9.18 Å². The van der Waals surface area contributed by atoms with E-state index in [0.717, 1.165) is 49.5 Å². The van der Waals surface area contributed by atoms with Gasteiger partial charge in [0.1, 0.15) is 17.0 Å². The van der Waals surface area contributed by atoms with E-state index in [1.165, 1.54) is 6.07 Å². The van der Waals surface area contributed by atoms with E-state index in [-0.39, 0.29) is 17.7 Å². The van der Waals surface area contributed by atoms with Crippen molar-refractivity contribution in [3.05, 3.63) is 60.3 Å². The van der Waals surface area contributed by atoms with Crippen LogP contribution < -0.4 is 10.6 Å². The summed E-state index contributed by atoms with van der Waals surface area (Å²) in [5, 5.41) is 5.35. The number of carbonyl (C=O) groups is 1. The summed E-state index contributed by atoms with van der Waals surface area (Å²) >= 11 is 0. The summed E-state index contributed by atoms with van der Waals surface area (Å²) in [5.41, 5.74) is 4.68. The fourth-order valence-corrected chi connectivity index (χ4v) is 4.17. The third-order valence-corrected chi connectivity index (χ3v) is 5.81. The quantitative estimate of drug-likeness (QED) is 0.392. The number of urea groups is 1. The highest BCUT2D eigenvalue weighted by atomic mass is 19.1. The molecule has 0 saturated carbocycles. The van der Waals surface area contributed by atoms with E-state index in [1.807, 2.05) is 25.3 Å². The van der Waals surface area contributed by atoms with Crippen molar-refractivity contribution >= 4 is 23.0 Å². The summed E-state index contributed by atoms with van der Waals surface area (Å²) in [4.78, 5) is 30.7. The summed E-state index contributed by atoms with van der Waals surface area (Å²) in [6.45, 7) is 6.31. The number of fused-ring (bicyclic) bond motifs is 1. The van der Waals surface area contributed by atoms with E-state index in [0.29, 0.717) is 23.1 Å². The third-order valence-electron chi connectivity index (χ3n) is 5.81. The number of halogens is 1. The summed E-state index contributed by atoms with van der Waals surface area (Å²) in [6, 6.07) is 8.41. The number of ether oxygens (including phenoxy) is 1. The van der Waals surface area contributed by atoms with Gasteiger partial charge in [-0.05, 0) is 48.4 Å². The van der Waals surface area contributed by atoms with Gasteiger partial charge in [0.25, 0.3) is 0 Å². The molecule has 0 bridgehead atoms. The number of benzene rings is 1. The van der Waals surface area contributed by atoms with Gasteiger partial charge in [0.15, 0.2) is 0 Å². The zero-order chi connectivity index (χ0) is 24.2. The van der Waals surface area contributed by atoms with Crippen LogP contribution in [0.5, 0.6) is 0 Å². The predicted molar refractivity (Wildman–Crippen MR) is 131 cm³/mol. The van der Waals surface area contributed by atoms with Gasteiger partial charge in [-0.3, -0.25) is 20.2 Å². The zero-order valence-corrected chi connectivity index (χ0v) is 19.3. The maximum atomic E-state index is 14.8. The number of pyridine rings is 2. The number of morpholine rings is 1. The number of aromatic nitrogens is 4. The Hall–Kier alpha value is -3.89.